The van der Waals surface area contributed by atoms with Crippen molar-refractivity contribution in [2.75, 3.05) is 26.1 Å². The first-order chi connectivity index (χ1) is 15.1. The van der Waals surface area contributed by atoms with E-state index in [1.165, 1.54) is 0 Å². The van der Waals surface area contributed by atoms with Gasteiger partial charge in [0, 0.05) is 16.8 Å². The second kappa shape index (κ2) is 11.3. The fraction of sp³-hybridized carbons (Fsp3) is 0.240. The Morgan fingerprint density at radius 3 is 2.39 bits per heavy atom. The molecule has 3 aromatic carbocycles. The summed E-state index contributed by atoms with van der Waals surface area (Å²) in [6, 6.07) is 19.6. The summed E-state index contributed by atoms with van der Waals surface area (Å²) in [4.78, 5) is 12.3. The molecule has 0 aromatic heterocycles. The molecule has 3 aromatic rings. The largest absolute Gasteiger partial charge is 0.490 e. The Morgan fingerprint density at radius 2 is 1.68 bits per heavy atom. The number of benzene rings is 3. The molecule has 162 valence electrons. The Balaban J connectivity index is 1.73. The summed E-state index contributed by atoms with van der Waals surface area (Å²) in [5.41, 5.74) is 0. The Morgan fingerprint density at radius 1 is 1.00 bits per heavy atom. The van der Waals surface area contributed by atoms with Crippen LogP contribution in [-0.4, -0.2) is 38.1 Å². The summed E-state index contributed by atoms with van der Waals surface area (Å²) < 4.78 is 23.1. The predicted molar refractivity (Wildman–Crippen MR) is 124 cm³/mol. The van der Waals surface area contributed by atoms with Crippen LogP contribution in [0.4, 0.5) is 0 Å². The van der Waals surface area contributed by atoms with Crippen molar-refractivity contribution in [3.8, 4) is 17.2 Å². The van der Waals surface area contributed by atoms with E-state index in [0.717, 1.165) is 39.0 Å². The molecule has 0 aliphatic rings. The molecule has 0 bridgehead atoms. The van der Waals surface area contributed by atoms with Gasteiger partial charge in [-0.2, -0.15) is 0 Å². The zero-order chi connectivity index (χ0) is 22.1. The molecule has 31 heavy (non-hydrogen) atoms. The molecule has 0 aliphatic heterocycles. The van der Waals surface area contributed by atoms with Gasteiger partial charge in [-0.1, -0.05) is 49.0 Å². The zero-order valence-corrected chi connectivity index (χ0v) is 18.5. The van der Waals surface area contributed by atoms with Crippen molar-refractivity contribution in [3.63, 3.8) is 0 Å². The predicted octanol–water partition coefficient (Wildman–Crippen LogP) is 5.52. The molecule has 0 heterocycles. The molecule has 0 aliphatic carbocycles. The normalized spacial score (nSPS) is 11.5. The number of para-hydroxylation sites is 1. The van der Waals surface area contributed by atoms with E-state index in [1.807, 2.05) is 66.9 Å². The maximum atomic E-state index is 11.4. The molecular weight excluding hydrogens is 412 g/mol. The number of fused-ring (bicyclic) bond motifs is 1. The topological polar surface area (TPSA) is 54.0 Å². The van der Waals surface area contributed by atoms with Crippen LogP contribution in [0.25, 0.3) is 10.8 Å². The molecule has 0 fully saturated rings. The molecule has 0 saturated heterocycles. The molecule has 0 radical (unpaired) electrons. The maximum Gasteiger partial charge on any atom is 0.330 e. The van der Waals surface area contributed by atoms with E-state index >= 15 is 0 Å². The van der Waals surface area contributed by atoms with E-state index in [-0.39, 0.29) is 6.61 Å². The number of rotatable bonds is 11. The van der Waals surface area contributed by atoms with Gasteiger partial charge >= 0.3 is 5.97 Å². The fourth-order valence-electron chi connectivity index (χ4n) is 3.02. The average Bonchev–Trinajstić information content (AvgIpc) is 2.81. The van der Waals surface area contributed by atoms with E-state index in [4.69, 9.17) is 18.9 Å². The van der Waals surface area contributed by atoms with Gasteiger partial charge in [0.25, 0.3) is 0 Å². The van der Waals surface area contributed by atoms with Crippen molar-refractivity contribution in [2.24, 2.45) is 0 Å². The Labute approximate surface area is 187 Å². The Hall–Kier alpha value is -3.12. The number of carbonyl (C=O) groups excluding carboxylic acids is 1. The number of hydrogen-bond acceptors (Lipinski definition) is 6. The summed E-state index contributed by atoms with van der Waals surface area (Å²) in [6.07, 6.45) is 2.73. The maximum absolute atomic E-state index is 11.4. The van der Waals surface area contributed by atoms with Gasteiger partial charge in [0.1, 0.15) is 43.2 Å². The van der Waals surface area contributed by atoms with Crippen LogP contribution in [0.3, 0.4) is 0 Å². The Kier molecular flexibility index (Phi) is 8.24. The summed E-state index contributed by atoms with van der Waals surface area (Å²) in [7, 11) is 0. The highest BCUT2D eigenvalue weighted by atomic mass is 32.2. The van der Waals surface area contributed by atoms with E-state index in [1.54, 1.807) is 18.7 Å². The SMILES string of the molecule is C=CC(=O)OC(C)COc1c(SC)cc(OCCOc2ccccc2)c2ccccc12. The monoisotopic (exact) mass is 438 g/mol. The number of esters is 1. The standard InChI is InChI=1S/C25H26O5S/c1-4-24(26)30-18(2)17-29-25-21-13-9-8-12-20(21)22(16-23(25)31-3)28-15-14-27-19-10-6-5-7-11-19/h4-13,16,18H,1,14-15,17H2,2-3H3. The lowest BCUT2D eigenvalue weighted by Crippen LogP contribution is -2.21. The molecule has 5 nitrogen and oxygen atoms in total. The van der Waals surface area contributed by atoms with Crippen LogP contribution in [0.5, 0.6) is 17.2 Å². The molecule has 0 N–H and O–H groups in total. The Bertz CT molecular complexity index is 1020. The van der Waals surface area contributed by atoms with Gasteiger partial charge in [-0.25, -0.2) is 4.79 Å². The summed E-state index contributed by atoms with van der Waals surface area (Å²) in [5.74, 6) is 1.87. The number of carbonyl (C=O) groups is 1. The van der Waals surface area contributed by atoms with Crippen molar-refractivity contribution < 1.29 is 23.7 Å². The third kappa shape index (κ3) is 6.18. The molecule has 0 amide bonds. The first kappa shape index (κ1) is 22.6. The highest BCUT2D eigenvalue weighted by Gasteiger charge is 2.16. The second-order valence-electron chi connectivity index (χ2n) is 6.72. The smallest absolute Gasteiger partial charge is 0.330 e. The lowest BCUT2D eigenvalue weighted by atomic mass is 10.1. The van der Waals surface area contributed by atoms with Gasteiger partial charge in [-0.15, -0.1) is 11.8 Å². The van der Waals surface area contributed by atoms with Gasteiger partial charge in [-0.3, -0.25) is 0 Å². The van der Waals surface area contributed by atoms with E-state index < -0.39 is 12.1 Å². The van der Waals surface area contributed by atoms with Crippen molar-refractivity contribution in [1.29, 1.82) is 0 Å². The minimum atomic E-state index is -0.465. The lowest BCUT2D eigenvalue weighted by Gasteiger charge is -2.19. The van der Waals surface area contributed by atoms with Crippen LogP contribution in [0.2, 0.25) is 0 Å². The van der Waals surface area contributed by atoms with Gasteiger partial charge in [0.15, 0.2) is 0 Å². The molecule has 1 atom stereocenters. The van der Waals surface area contributed by atoms with Gasteiger partial charge in [0.2, 0.25) is 0 Å². The highest BCUT2D eigenvalue weighted by Crippen LogP contribution is 2.41. The third-order valence-corrected chi connectivity index (χ3v) is 5.19. The summed E-state index contributed by atoms with van der Waals surface area (Å²) in [5, 5.41) is 1.89. The third-order valence-electron chi connectivity index (χ3n) is 4.44. The van der Waals surface area contributed by atoms with Crippen molar-refractivity contribution in [3.05, 3.63) is 73.3 Å². The van der Waals surface area contributed by atoms with Crippen LogP contribution < -0.4 is 14.2 Å². The van der Waals surface area contributed by atoms with Crippen molar-refractivity contribution in [2.45, 2.75) is 17.9 Å². The van der Waals surface area contributed by atoms with Gasteiger partial charge in [0.05, 0.1) is 4.90 Å². The molecule has 0 spiro atoms. The number of hydrogen-bond donors (Lipinski definition) is 0. The van der Waals surface area contributed by atoms with Crippen molar-refractivity contribution >= 4 is 28.5 Å². The first-order valence-corrected chi connectivity index (χ1v) is 11.2. The molecule has 1 unspecified atom stereocenters. The zero-order valence-electron chi connectivity index (χ0n) is 17.7. The number of ether oxygens (including phenoxy) is 4. The quantitative estimate of drug-likeness (QED) is 0.170. The summed E-state index contributed by atoms with van der Waals surface area (Å²) in [6.45, 7) is 6.30. The fourth-order valence-corrected chi connectivity index (χ4v) is 3.60. The highest BCUT2D eigenvalue weighted by molar-refractivity contribution is 7.98. The van der Waals surface area contributed by atoms with Gasteiger partial charge in [-0.05, 0) is 31.4 Å². The second-order valence-corrected chi connectivity index (χ2v) is 7.57. The number of thioether (sulfide) groups is 1. The molecule has 6 heteroatoms. The minimum Gasteiger partial charge on any atom is -0.490 e. The van der Waals surface area contributed by atoms with Crippen LogP contribution in [0, 0.1) is 0 Å². The average molecular weight is 439 g/mol. The van der Waals surface area contributed by atoms with Crippen LogP contribution >= 0.6 is 11.8 Å². The molecule has 3 rings (SSSR count). The minimum absolute atomic E-state index is 0.238. The molecule has 0 saturated carbocycles. The van der Waals surface area contributed by atoms with Crippen LogP contribution in [0.1, 0.15) is 6.92 Å². The van der Waals surface area contributed by atoms with E-state index in [9.17, 15) is 4.79 Å². The van der Waals surface area contributed by atoms with Gasteiger partial charge < -0.3 is 18.9 Å². The molecular formula is C25H26O5S. The van der Waals surface area contributed by atoms with Crippen molar-refractivity contribution in [1.82, 2.24) is 0 Å². The first-order valence-electron chi connectivity index (χ1n) is 9.98. The lowest BCUT2D eigenvalue weighted by molar-refractivity contribution is -0.143. The van der Waals surface area contributed by atoms with E-state index in [0.29, 0.717) is 13.2 Å². The summed E-state index contributed by atoms with van der Waals surface area (Å²) >= 11 is 1.57. The van der Waals surface area contributed by atoms with Crippen LogP contribution in [-0.2, 0) is 9.53 Å². The van der Waals surface area contributed by atoms with E-state index in [2.05, 4.69) is 6.58 Å². The van der Waals surface area contributed by atoms with Crippen LogP contribution in [0.15, 0.2) is 78.2 Å².